The van der Waals surface area contributed by atoms with E-state index in [2.05, 4.69) is 84.9 Å². The molecule has 0 spiro atoms. The van der Waals surface area contributed by atoms with Gasteiger partial charge in [0.05, 0.1) is 5.25 Å². The minimum absolute atomic E-state index is 0.0695. The van der Waals surface area contributed by atoms with Gasteiger partial charge in [0.1, 0.15) is 11.9 Å². The van der Waals surface area contributed by atoms with Crippen molar-refractivity contribution in [2.45, 2.75) is 29.1 Å². The predicted molar refractivity (Wildman–Crippen MR) is 101 cm³/mol. The van der Waals surface area contributed by atoms with Gasteiger partial charge in [0.25, 0.3) is 0 Å². The third-order valence-electron chi connectivity index (χ3n) is 4.42. The number of benzene rings is 3. The lowest BCUT2D eigenvalue weighted by atomic mass is 10.0. The largest absolute Gasteiger partial charge is 0.484 e. The van der Waals surface area contributed by atoms with E-state index in [4.69, 9.17) is 4.74 Å². The first-order chi connectivity index (χ1) is 11.9. The molecule has 1 heterocycles. The fourth-order valence-corrected chi connectivity index (χ4v) is 4.44. The summed E-state index contributed by atoms with van der Waals surface area (Å²) in [7, 11) is 0. The Morgan fingerprint density at radius 1 is 0.750 bits per heavy atom. The molecule has 24 heavy (non-hydrogen) atoms. The normalized spacial score (nSPS) is 19.8. The quantitative estimate of drug-likeness (QED) is 0.589. The van der Waals surface area contributed by atoms with Gasteiger partial charge in [-0.1, -0.05) is 66.7 Å². The van der Waals surface area contributed by atoms with Crippen molar-refractivity contribution in [3.05, 3.63) is 96.1 Å². The van der Waals surface area contributed by atoms with Crippen LogP contribution in [0.3, 0.4) is 0 Å². The number of aryl methyl sites for hydroxylation is 1. The fraction of sp³-hybridized carbons (Fsp3) is 0.182. The fourth-order valence-electron chi connectivity index (χ4n) is 3.21. The van der Waals surface area contributed by atoms with Crippen LogP contribution in [0.15, 0.2) is 89.8 Å². The summed E-state index contributed by atoms with van der Waals surface area (Å²) in [5, 5.41) is 0.391. The molecule has 0 saturated heterocycles. The molecule has 1 aliphatic heterocycles. The summed E-state index contributed by atoms with van der Waals surface area (Å²) in [4.78, 5) is 1.30. The maximum absolute atomic E-state index is 6.51. The van der Waals surface area contributed by atoms with E-state index >= 15 is 0 Å². The molecule has 0 fully saturated rings. The van der Waals surface area contributed by atoms with Crippen molar-refractivity contribution >= 4 is 11.8 Å². The number of hydrogen-bond acceptors (Lipinski definition) is 2. The van der Waals surface area contributed by atoms with Gasteiger partial charge in [-0.15, -0.1) is 11.8 Å². The van der Waals surface area contributed by atoms with Crippen LogP contribution in [-0.4, -0.2) is 5.25 Å². The first-order valence-corrected chi connectivity index (χ1v) is 9.29. The van der Waals surface area contributed by atoms with Crippen molar-refractivity contribution in [3.8, 4) is 5.75 Å². The van der Waals surface area contributed by atoms with Crippen LogP contribution in [-0.2, 0) is 6.42 Å². The van der Waals surface area contributed by atoms with Crippen molar-refractivity contribution < 1.29 is 4.74 Å². The molecule has 120 valence electrons. The van der Waals surface area contributed by atoms with E-state index in [0.29, 0.717) is 5.25 Å². The number of ether oxygens (including phenoxy) is 1. The van der Waals surface area contributed by atoms with E-state index in [9.17, 15) is 0 Å². The molecule has 0 N–H and O–H groups in total. The Balaban J connectivity index is 1.68. The zero-order valence-corrected chi connectivity index (χ0v) is 14.3. The van der Waals surface area contributed by atoms with E-state index in [1.807, 2.05) is 11.8 Å². The number of thioether (sulfide) groups is 1. The zero-order valence-electron chi connectivity index (χ0n) is 13.5. The molecule has 3 aromatic carbocycles. The highest BCUT2D eigenvalue weighted by molar-refractivity contribution is 8.00. The Kier molecular flexibility index (Phi) is 4.57. The molecule has 4 rings (SSSR count). The summed E-state index contributed by atoms with van der Waals surface area (Å²) in [6.45, 7) is 0. The smallest absolute Gasteiger partial charge is 0.136 e. The topological polar surface area (TPSA) is 9.23 Å². The molecule has 0 radical (unpaired) electrons. The van der Waals surface area contributed by atoms with Crippen LogP contribution in [0.2, 0.25) is 0 Å². The average molecular weight is 332 g/mol. The molecular formula is C22H20OS. The van der Waals surface area contributed by atoms with Gasteiger partial charge in [-0.2, -0.15) is 0 Å². The Morgan fingerprint density at radius 2 is 1.42 bits per heavy atom. The number of rotatable bonds is 3. The van der Waals surface area contributed by atoms with Gasteiger partial charge in [0.2, 0.25) is 0 Å². The van der Waals surface area contributed by atoms with Crippen molar-refractivity contribution in [1.82, 2.24) is 0 Å². The SMILES string of the molecule is c1ccc(S[C@@H]2CCc3ccccc3O[C@H]2c2ccccc2)cc1. The van der Waals surface area contributed by atoms with E-state index in [0.717, 1.165) is 18.6 Å². The summed E-state index contributed by atoms with van der Waals surface area (Å²) in [5.41, 5.74) is 2.57. The summed E-state index contributed by atoms with van der Waals surface area (Å²) >= 11 is 1.93. The Morgan fingerprint density at radius 3 is 2.21 bits per heavy atom. The lowest BCUT2D eigenvalue weighted by Gasteiger charge is -2.26. The van der Waals surface area contributed by atoms with Crippen LogP contribution in [0.4, 0.5) is 0 Å². The second-order valence-electron chi connectivity index (χ2n) is 6.06. The molecule has 2 heteroatoms. The van der Waals surface area contributed by atoms with Crippen LogP contribution < -0.4 is 4.74 Å². The van der Waals surface area contributed by atoms with Gasteiger partial charge >= 0.3 is 0 Å². The van der Waals surface area contributed by atoms with Crippen molar-refractivity contribution in [2.24, 2.45) is 0 Å². The van der Waals surface area contributed by atoms with Gasteiger partial charge in [0.15, 0.2) is 0 Å². The summed E-state index contributed by atoms with van der Waals surface area (Å²) in [6, 6.07) is 29.7. The molecule has 1 nitrogen and oxygen atoms in total. The zero-order chi connectivity index (χ0) is 16.2. The minimum Gasteiger partial charge on any atom is -0.484 e. The van der Waals surface area contributed by atoms with Crippen LogP contribution in [0.25, 0.3) is 0 Å². The van der Waals surface area contributed by atoms with Crippen LogP contribution in [0.5, 0.6) is 5.75 Å². The molecule has 1 aliphatic rings. The highest BCUT2D eigenvalue weighted by Crippen LogP contribution is 2.41. The third kappa shape index (κ3) is 3.34. The Labute approximate surface area is 147 Å². The monoisotopic (exact) mass is 332 g/mol. The van der Waals surface area contributed by atoms with Gasteiger partial charge in [-0.25, -0.2) is 0 Å². The first-order valence-electron chi connectivity index (χ1n) is 8.41. The van der Waals surface area contributed by atoms with Crippen molar-refractivity contribution in [2.75, 3.05) is 0 Å². The number of hydrogen-bond donors (Lipinski definition) is 0. The van der Waals surface area contributed by atoms with E-state index in [-0.39, 0.29) is 6.10 Å². The number of para-hydroxylation sites is 1. The maximum Gasteiger partial charge on any atom is 0.136 e. The summed E-state index contributed by atoms with van der Waals surface area (Å²) < 4.78 is 6.51. The molecule has 0 aromatic heterocycles. The predicted octanol–water partition coefficient (Wildman–Crippen LogP) is 5.91. The highest BCUT2D eigenvalue weighted by atomic mass is 32.2. The lowest BCUT2D eigenvalue weighted by molar-refractivity contribution is 0.206. The average Bonchev–Trinajstić information content (AvgIpc) is 2.83. The summed E-state index contributed by atoms with van der Waals surface area (Å²) in [6.07, 6.45) is 2.24. The molecule has 3 aromatic rings. The summed E-state index contributed by atoms with van der Waals surface area (Å²) in [5.74, 6) is 1.03. The van der Waals surface area contributed by atoms with Crippen LogP contribution >= 0.6 is 11.8 Å². The van der Waals surface area contributed by atoms with E-state index < -0.39 is 0 Å². The van der Waals surface area contributed by atoms with Crippen molar-refractivity contribution in [1.29, 1.82) is 0 Å². The molecule has 0 saturated carbocycles. The maximum atomic E-state index is 6.51. The van der Waals surface area contributed by atoms with Gasteiger partial charge < -0.3 is 4.74 Å². The third-order valence-corrected chi connectivity index (χ3v) is 5.75. The molecule has 0 aliphatic carbocycles. The van der Waals surface area contributed by atoms with E-state index in [1.165, 1.54) is 16.0 Å². The highest BCUT2D eigenvalue weighted by Gasteiger charge is 2.29. The van der Waals surface area contributed by atoms with Gasteiger partial charge in [0, 0.05) is 4.90 Å². The second-order valence-corrected chi connectivity index (χ2v) is 7.38. The standard InChI is InChI=1S/C22H20OS/c1-3-10-18(11-4-1)22-21(24-19-12-5-2-6-13-19)16-15-17-9-7-8-14-20(17)23-22/h1-14,21-22H,15-16H2/t21-,22+/m1/s1. The van der Waals surface area contributed by atoms with Crippen LogP contribution in [0, 0.1) is 0 Å². The minimum atomic E-state index is 0.0695. The Hall–Kier alpha value is -2.19. The molecule has 2 atom stereocenters. The van der Waals surface area contributed by atoms with E-state index in [1.54, 1.807) is 0 Å². The lowest BCUT2D eigenvalue weighted by Crippen LogP contribution is -2.20. The molecular weight excluding hydrogens is 312 g/mol. The second kappa shape index (κ2) is 7.14. The van der Waals surface area contributed by atoms with Gasteiger partial charge in [-0.3, -0.25) is 0 Å². The van der Waals surface area contributed by atoms with Gasteiger partial charge in [-0.05, 0) is 42.2 Å². The van der Waals surface area contributed by atoms with Crippen LogP contribution in [0.1, 0.15) is 23.7 Å². The first kappa shape index (κ1) is 15.3. The Bertz CT molecular complexity index is 785. The molecule has 0 unspecified atom stereocenters. The number of fused-ring (bicyclic) bond motifs is 1. The molecule has 0 bridgehead atoms. The molecule has 0 amide bonds. The van der Waals surface area contributed by atoms with Crippen molar-refractivity contribution in [3.63, 3.8) is 0 Å².